The highest BCUT2D eigenvalue weighted by atomic mass is 35.5. The molecule has 0 aliphatic rings. The van der Waals surface area contributed by atoms with Crippen LogP contribution in [0.4, 0.5) is 0 Å². The standard InChI is InChI=1S/C13H15ClN2O/c1-3-4-12(15)13(17)16-9(2)10-5-7-11(14)8-6-10/h1,5-9,12H,4,15H2,2H3,(H,16,17). The molecule has 0 spiro atoms. The number of nitrogens with one attached hydrogen (secondary N) is 1. The van der Waals surface area contributed by atoms with Crippen LogP contribution in [-0.2, 0) is 4.79 Å². The molecule has 0 aliphatic heterocycles. The molecule has 3 N–H and O–H groups in total. The molecule has 2 atom stereocenters. The summed E-state index contributed by atoms with van der Waals surface area (Å²) in [5, 5.41) is 3.46. The normalized spacial score (nSPS) is 13.5. The monoisotopic (exact) mass is 250 g/mol. The average Bonchev–Trinajstić information content (AvgIpc) is 2.30. The number of hydrogen-bond donors (Lipinski definition) is 2. The maximum absolute atomic E-state index is 11.6. The van der Waals surface area contributed by atoms with E-state index in [9.17, 15) is 4.79 Å². The second-order valence-electron chi connectivity index (χ2n) is 3.80. The maximum Gasteiger partial charge on any atom is 0.238 e. The van der Waals surface area contributed by atoms with Crippen molar-refractivity contribution in [1.82, 2.24) is 5.32 Å². The summed E-state index contributed by atoms with van der Waals surface area (Å²) in [4.78, 5) is 11.6. The first-order chi connectivity index (χ1) is 8.04. The minimum absolute atomic E-state index is 0.122. The minimum Gasteiger partial charge on any atom is -0.348 e. The summed E-state index contributed by atoms with van der Waals surface area (Å²) in [5.74, 6) is 2.12. The highest BCUT2D eigenvalue weighted by Crippen LogP contribution is 2.15. The molecule has 3 nitrogen and oxygen atoms in total. The van der Waals surface area contributed by atoms with E-state index in [4.69, 9.17) is 23.8 Å². The Morgan fingerprint density at radius 3 is 2.65 bits per heavy atom. The van der Waals surface area contributed by atoms with Gasteiger partial charge < -0.3 is 11.1 Å². The summed E-state index contributed by atoms with van der Waals surface area (Å²) in [6, 6.07) is 6.50. The number of carbonyl (C=O) groups excluding carboxylic acids is 1. The van der Waals surface area contributed by atoms with Crippen molar-refractivity contribution in [2.24, 2.45) is 5.73 Å². The highest BCUT2D eigenvalue weighted by Gasteiger charge is 2.15. The predicted molar refractivity (Wildman–Crippen MR) is 69.4 cm³/mol. The lowest BCUT2D eigenvalue weighted by atomic mass is 10.1. The molecule has 0 radical (unpaired) electrons. The first-order valence-corrected chi connectivity index (χ1v) is 5.67. The van der Waals surface area contributed by atoms with Gasteiger partial charge in [0.15, 0.2) is 0 Å². The van der Waals surface area contributed by atoms with Crippen molar-refractivity contribution < 1.29 is 4.79 Å². The van der Waals surface area contributed by atoms with Gasteiger partial charge in [-0.15, -0.1) is 12.3 Å². The van der Waals surface area contributed by atoms with Crippen LogP contribution in [0.25, 0.3) is 0 Å². The fourth-order valence-corrected chi connectivity index (χ4v) is 1.50. The van der Waals surface area contributed by atoms with E-state index in [1.807, 2.05) is 19.1 Å². The zero-order valence-electron chi connectivity index (χ0n) is 9.61. The van der Waals surface area contributed by atoms with Crippen molar-refractivity contribution >= 4 is 17.5 Å². The molecule has 0 bridgehead atoms. The quantitative estimate of drug-likeness (QED) is 0.802. The van der Waals surface area contributed by atoms with Crippen LogP contribution in [0.3, 0.4) is 0 Å². The number of nitrogens with two attached hydrogens (primary N) is 1. The van der Waals surface area contributed by atoms with Gasteiger partial charge in [-0.1, -0.05) is 23.7 Å². The second-order valence-corrected chi connectivity index (χ2v) is 4.23. The van der Waals surface area contributed by atoms with E-state index in [1.54, 1.807) is 12.1 Å². The molecule has 0 saturated heterocycles. The van der Waals surface area contributed by atoms with Crippen LogP contribution in [0.5, 0.6) is 0 Å². The third-order valence-electron chi connectivity index (χ3n) is 2.40. The van der Waals surface area contributed by atoms with Crippen molar-refractivity contribution in [3.63, 3.8) is 0 Å². The Hall–Kier alpha value is -1.50. The van der Waals surface area contributed by atoms with E-state index in [2.05, 4.69) is 11.2 Å². The molecular weight excluding hydrogens is 236 g/mol. The zero-order valence-corrected chi connectivity index (χ0v) is 10.4. The Morgan fingerprint density at radius 2 is 2.12 bits per heavy atom. The van der Waals surface area contributed by atoms with Gasteiger partial charge in [0.1, 0.15) is 0 Å². The molecule has 2 unspecified atom stereocenters. The Morgan fingerprint density at radius 1 is 1.53 bits per heavy atom. The van der Waals surface area contributed by atoms with Gasteiger partial charge in [0.05, 0.1) is 12.1 Å². The minimum atomic E-state index is -0.658. The second kappa shape index (κ2) is 6.29. The van der Waals surface area contributed by atoms with Crippen molar-refractivity contribution in [2.75, 3.05) is 0 Å². The summed E-state index contributed by atoms with van der Waals surface area (Å²) in [5.41, 5.74) is 6.57. The topological polar surface area (TPSA) is 55.1 Å². The van der Waals surface area contributed by atoms with Crippen molar-refractivity contribution in [1.29, 1.82) is 0 Å². The summed E-state index contributed by atoms with van der Waals surface area (Å²) in [6.45, 7) is 1.88. The summed E-state index contributed by atoms with van der Waals surface area (Å²) < 4.78 is 0. The highest BCUT2D eigenvalue weighted by molar-refractivity contribution is 6.30. The molecule has 0 aliphatic carbocycles. The lowest BCUT2D eigenvalue weighted by Crippen LogP contribution is -2.41. The first kappa shape index (κ1) is 13.6. The number of rotatable bonds is 4. The molecule has 1 aromatic rings. The molecule has 0 aromatic heterocycles. The largest absolute Gasteiger partial charge is 0.348 e. The number of carbonyl (C=O) groups is 1. The van der Waals surface area contributed by atoms with Gasteiger partial charge in [-0.05, 0) is 24.6 Å². The Labute approximate surface area is 106 Å². The molecule has 0 saturated carbocycles. The van der Waals surface area contributed by atoms with Crippen LogP contribution in [-0.4, -0.2) is 11.9 Å². The fourth-order valence-electron chi connectivity index (χ4n) is 1.37. The lowest BCUT2D eigenvalue weighted by Gasteiger charge is -2.16. The van der Waals surface area contributed by atoms with Gasteiger partial charge in [-0.25, -0.2) is 0 Å². The molecule has 0 fully saturated rings. The smallest absolute Gasteiger partial charge is 0.238 e. The van der Waals surface area contributed by atoms with E-state index in [0.717, 1.165) is 5.56 Å². The third kappa shape index (κ3) is 4.10. The fraction of sp³-hybridized carbons (Fsp3) is 0.308. The zero-order chi connectivity index (χ0) is 12.8. The number of benzene rings is 1. The van der Waals surface area contributed by atoms with Gasteiger partial charge in [0.25, 0.3) is 0 Å². The Bertz CT molecular complexity index is 422. The molecule has 1 aromatic carbocycles. The SMILES string of the molecule is C#CCC(N)C(=O)NC(C)c1ccc(Cl)cc1. The number of hydrogen-bond acceptors (Lipinski definition) is 2. The third-order valence-corrected chi connectivity index (χ3v) is 2.66. The van der Waals surface area contributed by atoms with Crippen LogP contribution < -0.4 is 11.1 Å². The lowest BCUT2D eigenvalue weighted by molar-refractivity contribution is -0.122. The summed E-state index contributed by atoms with van der Waals surface area (Å²) in [7, 11) is 0. The molecule has 90 valence electrons. The molecule has 0 heterocycles. The van der Waals surface area contributed by atoms with Crippen molar-refractivity contribution in [3.8, 4) is 12.3 Å². The Balaban J connectivity index is 2.60. The molecule has 1 amide bonds. The number of halogens is 1. The van der Waals surface area contributed by atoms with Crippen LogP contribution in [0.2, 0.25) is 5.02 Å². The van der Waals surface area contributed by atoms with E-state index >= 15 is 0 Å². The van der Waals surface area contributed by atoms with Gasteiger partial charge in [0.2, 0.25) is 5.91 Å². The molecular formula is C13H15ClN2O. The number of amides is 1. The summed E-state index contributed by atoms with van der Waals surface area (Å²) >= 11 is 5.78. The molecule has 17 heavy (non-hydrogen) atoms. The van der Waals surface area contributed by atoms with Gasteiger partial charge in [0, 0.05) is 11.4 Å². The van der Waals surface area contributed by atoms with E-state index in [1.165, 1.54) is 0 Å². The van der Waals surface area contributed by atoms with Gasteiger partial charge >= 0.3 is 0 Å². The van der Waals surface area contributed by atoms with Crippen molar-refractivity contribution in [3.05, 3.63) is 34.9 Å². The molecule has 1 rings (SSSR count). The van der Waals surface area contributed by atoms with E-state index < -0.39 is 6.04 Å². The maximum atomic E-state index is 11.6. The average molecular weight is 251 g/mol. The first-order valence-electron chi connectivity index (χ1n) is 5.29. The van der Waals surface area contributed by atoms with Crippen LogP contribution in [0.15, 0.2) is 24.3 Å². The van der Waals surface area contributed by atoms with Crippen LogP contribution in [0, 0.1) is 12.3 Å². The number of terminal acetylenes is 1. The van der Waals surface area contributed by atoms with Gasteiger partial charge in [-0.3, -0.25) is 4.79 Å². The van der Waals surface area contributed by atoms with Crippen LogP contribution in [0.1, 0.15) is 24.9 Å². The summed E-state index contributed by atoms with van der Waals surface area (Å²) in [6.07, 6.45) is 5.34. The van der Waals surface area contributed by atoms with E-state index in [-0.39, 0.29) is 18.4 Å². The van der Waals surface area contributed by atoms with Gasteiger partial charge in [-0.2, -0.15) is 0 Å². The Kier molecular flexibility index (Phi) is 5.02. The van der Waals surface area contributed by atoms with Crippen molar-refractivity contribution in [2.45, 2.75) is 25.4 Å². The van der Waals surface area contributed by atoms with E-state index in [0.29, 0.717) is 5.02 Å². The van der Waals surface area contributed by atoms with Crippen LogP contribution >= 0.6 is 11.6 Å². The molecule has 4 heteroatoms. The predicted octanol–water partition coefficient (Wildman–Crippen LogP) is 1.87.